The van der Waals surface area contributed by atoms with Gasteiger partial charge in [-0.05, 0) is 12.1 Å². The maximum Gasteiger partial charge on any atom is 0.165 e. The molecule has 16 heavy (non-hydrogen) atoms. The standard InChI is InChI=1S/C12H16O4/c1-14-11-3-2-9(13)8-12(11)16-10-4-6-15-7-5-10/h2-3,8,10,13H,4-7H2,1H3. The summed E-state index contributed by atoms with van der Waals surface area (Å²) in [5.41, 5.74) is 0. The molecule has 2 rings (SSSR count). The van der Waals surface area contributed by atoms with Crippen molar-refractivity contribution in [3.05, 3.63) is 18.2 Å². The third-order valence-electron chi connectivity index (χ3n) is 2.61. The summed E-state index contributed by atoms with van der Waals surface area (Å²) in [5.74, 6) is 1.42. The van der Waals surface area contributed by atoms with E-state index in [1.54, 1.807) is 25.3 Å². The van der Waals surface area contributed by atoms with E-state index in [-0.39, 0.29) is 11.9 Å². The van der Waals surface area contributed by atoms with Crippen LogP contribution < -0.4 is 9.47 Å². The Bertz CT molecular complexity index is 345. The lowest BCUT2D eigenvalue weighted by Crippen LogP contribution is -2.26. The molecule has 1 heterocycles. The lowest BCUT2D eigenvalue weighted by Gasteiger charge is -2.24. The zero-order valence-corrected chi connectivity index (χ0v) is 9.31. The van der Waals surface area contributed by atoms with Gasteiger partial charge < -0.3 is 19.3 Å². The molecular weight excluding hydrogens is 208 g/mol. The van der Waals surface area contributed by atoms with E-state index in [1.165, 1.54) is 0 Å². The lowest BCUT2D eigenvalue weighted by atomic mass is 10.1. The molecule has 1 saturated heterocycles. The Morgan fingerprint density at radius 1 is 1.25 bits per heavy atom. The largest absolute Gasteiger partial charge is 0.508 e. The van der Waals surface area contributed by atoms with Crippen LogP contribution in [0.25, 0.3) is 0 Å². The number of benzene rings is 1. The molecule has 1 N–H and O–H groups in total. The second-order valence-electron chi connectivity index (χ2n) is 3.76. The molecule has 1 aromatic carbocycles. The molecule has 0 radical (unpaired) electrons. The van der Waals surface area contributed by atoms with Gasteiger partial charge in [0.2, 0.25) is 0 Å². The van der Waals surface area contributed by atoms with Crippen molar-refractivity contribution in [1.29, 1.82) is 0 Å². The Kier molecular flexibility index (Phi) is 3.51. The summed E-state index contributed by atoms with van der Waals surface area (Å²) in [5, 5.41) is 9.40. The summed E-state index contributed by atoms with van der Waals surface area (Å²) in [6.07, 6.45) is 1.89. The predicted molar refractivity (Wildman–Crippen MR) is 59.1 cm³/mol. The Morgan fingerprint density at radius 2 is 2.00 bits per heavy atom. The predicted octanol–water partition coefficient (Wildman–Crippen LogP) is 1.96. The van der Waals surface area contributed by atoms with Crippen LogP contribution in [0.1, 0.15) is 12.8 Å². The molecule has 1 fully saturated rings. The molecule has 88 valence electrons. The molecule has 0 saturated carbocycles. The van der Waals surface area contributed by atoms with Gasteiger partial charge in [-0.15, -0.1) is 0 Å². The van der Waals surface area contributed by atoms with E-state index >= 15 is 0 Å². The van der Waals surface area contributed by atoms with Crippen LogP contribution in [0.5, 0.6) is 17.2 Å². The monoisotopic (exact) mass is 224 g/mol. The topological polar surface area (TPSA) is 47.9 Å². The second-order valence-corrected chi connectivity index (χ2v) is 3.76. The van der Waals surface area contributed by atoms with E-state index in [0.29, 0.717) is 11.5 Å². The van der Waals surface area contributed by atoms with Crippen LogP contribution in [-0.4, -0.2) is 31.5 Å². The molecule has 4 nitrogen and oxygen atoms in total. The van der Waals surface area contributed by atoms with Crippen LogP contribution in [0.2, 0.25) is 0 Å². The zero-order chi connectivity index (χ0) is 11.4. The van der Waals surface area contributed by atoms with Gasteiger partial charge in [-0.3, -0.25) is 0 Å². The van der Waals surface area contributed by atoms with Gasteiger partial charge in [0.1, 0.15) is 11.9 Å². The second kappa shape index (κ2) is 5.07. The zero-order valence-electron chi connectivity index (χ0n) is 9.31. The number of phenols is 1. The van der Waals surface area contributed by atoms with Crippen molar-refractivity contribution in [2.24, 2.45) is 0 Å². The van der Waals surface area contributed by atoms with Crippen molar-refractivity contribution < 1.29 is 19.3 Å². The van der Waals surface area contributed by atoms with Gasteiger partial charge in [-0.25, -0.2) is 0 Å². The minimum Gasteiger partial charge on any atom is -0.508 e. The summed E-state index contributed by atoms with van der Waals surface area (Å²) < 4.78 is 16.2. The number of methoxy groups -OCH3 is 1. The summed E-state index contributed by atoms with van der Waals surface area (Å²) >= 11 is 0. The molecule has 1 aromatic rings. The van der Waals surface area contributed by atoms with Crippen molar-refractivity contribution >= 4 is 0 Å². The van der Waals surface area contributed by atoms with Crippen molar-refractivity contribution in [1.82, 2.24) is 0 Å². The highest BCUT2D eigenvalue weighted by Crippen LogP contribution is 2.32. The Labute approximate surface area is 94.8 Å². The average Bonchev–Trinajstić information content (AvgIpc) is 2.31. The summed E-state index contributed by atoms with van der Waals surface area (Å²) in [7, 11) is 1.59. The molecule has 0 amide bonds. The van der Waals surface area contributed by atoms with E-state index in [1.807, 2.05) is 0 Å². The van der Waals surface area contributed by atoms with Gasteiger partial charge in [-0.2, -0.15) is 0 Å². The highest BCUT2D eigenvalue weighted by molar-refractivity contribution is 5.45. The van der Waals surface area contributed by atoms with Crippen LogP contribution in [0, 0.1) is 0 Å². The maximum absolute atomic E-state index is 9.40. The van der Waals surface area contributed by atoms with Gasteiger partial charge >= 0.3 is 0 Å². The number of hydrogen-bond donors (Lipinski definition) is 1. The van der Waals surface area contributed by atoms with Crippen LogP contribution in [0.4, 0.5) is 0 Å². The fourth-order valence-corrected chi connectivity index (χ4v) is 1.73. The summed E-state index contributed by atoms with van der Waals surface area (Å²) in [4.78, 5) is 0. The van der Waals surface area contributed by atoms with Crippen LogP contribution in [0.3, 0.4) is 0 Å². The molecule has 0 spiro atoms. The highest BCUT2D eigenvalue weighted by atomic mass is 16.5. The van der Waals surface area contributed by atoms with Crippen molar-refractivity contribution in [2.45, 2.75) is 18.9 Å². The number of aromatic hydroxyl groups is 1. The molecule has 1 aliphatic heterocycles. The van der Waals surface area contributed by atoms with Gasteiger partial charge in [0.15, 0.2) is 11.5 Å². The molecule has 0 bridgehead atoms. The average molecular weight is 224 g/mol. The lowest BCUT2D eigenvalue weighted by molar-refractivity contribution is 0.0245. The normalized spacial score (nSPS) is 17.1. The smallest absolute Gasteiger partial charge is 0.165 e. The summed E-state index contributed by atoms with van der Waals surface area (Å²) in [6, 6.07) is 4.86. The van der Waals surface area contributed by atoms with E-state index < -0.39 is 0 Å². The first-order valence-corrected chi connectivity index (χ1v) is 5.41. The van der Waals surface area contributed by atoms with Gasteiger partial charge in [0.25, 0.3) is 0 Å². The molecular formula is C12H16O4. The van der Waals surface area contributed by atoms with E-state index in [2.05, 4.69) is 0 Å². The quantitative estimate of drug-likeness (QED) is 0.852. The minimum atomic E-state index is 0.143. The Hall–Kier alpha value is -1.42. The van der Waals surface area contributed by atoms with Crippen LogP contribution in [0.15, 0.2) is 18.2 Å². The first-order chi connectivity index (χ1) is 7.79. The van der Waals surface area contributed by atoms with E-state index in [0.717, 1.165) is 26.1 Å². The van der Waals surface area contributed by atoms with E-state index in [9.17, 15) is 5.11 Å². The van der Waals surface area contributed by atoms with Crippen LogP contribution in [-0.2, 0) is 4.74 Å². The van der Waals surface area contributed by atoms with Gasteiger partial charge in [-0.1, -0.05) is 0 Å². The van der Waals surface area contributed by atoms with Crippen molar-refractivity contribution in [3.63, 3.8) is 0 Å². The SMILES string of the molecule is COc1ccc(O)cc1OC1CCOCC1. The third kappa shape index (κ3) is 2.58. The number of ether oxygens (including phenoxy) is 3. The van der Waals surface area contributed by atoms with Crippen molar-refractivity contribution in [3.8, 4) is 17.2 Å². The maximum atomic E-state index is 9.40. The highest BCUT2D eigenvalue weighted by Gasteiger charge is 2.17. The van der Waals surface area contributed by atoms with E-state index in [4.69, 9.17) is 14.2 Å². The first kappa shape index (κ1) is 11.1. The summed E-state index contributed by atoms with van der Waals surface area (Å²) in [6.45, 7) is 1.46. The Balaban J connectivity index is 2.09. The fraction of sp³-hybridized carbons (Fsp3) is 0.500. The van der Waals surface area contributed by atoms with Crippen molar-refractivity contribution in [2.75, 3.05) is 20.3 Å². The van der Waals surface area contributed by atoms with Gasteiger partial charge in [0.05, 0.1) is 20.3 Å². The third-order valence-corrected chi connectivity index (χ3v) is 2.61. The number of phenolic OH excluding ortho intramolecular Hbond substituents is 1. The minimum absolute atomic E-state index is 0.143. The van der Waals surface area contributed by atoms with Gasteiger partial charge in [0, 0.05) is 18.9 Å². The molecule has 1 aliphatic rings. The Morgan fingerprint density at radius 3 is 2.69 bits per heavy atom. The fourth-order valence-electron chi connectivity index (χ4n) is 1.73. The first-order valence-electron chi connectivity index (χ1n) is 5.41. The number of hydrogen-bond acceptors (Lipinski definition) is 4. The molecule has 0 unspecified atom stereocenters. The number of rotatable bonds is 3. The van der Waals surface area contributed by atoms with Crippen LogP contribution >= 0.6 is 0 Å². The molecule has 0 aromatic heterocycles. The molecule has 0 atom stereocenters. The molecule has 0 aliphatic carbocycles. The molecule has 4 heteroatoms.